The fraction of sp³-hybridized carbons (Fsp3) is 0.778. The molecule has 88 valence electrons. The molecule has 0 aliphatic rings. The Morgan fingerprint density at radius 2 is 1.27 bits per heavy atom. The highest BCUT2D eigenvalue weighted by molar-refractivity contribution is 6.19. The van der Waals surface area contributed by atoms with Gasteiger partial charge in [0.15, 0.2) is 0 Å². The third-order valence-electron chi connectivity index (χ3n) is 1.41. The fourth-order valence-electron chi connectivity index (χ4n) is 0.730. The van der Waals surface area contributed by atoms with Gasteiger partial charge in [-0.2, -0.15) is 0 Å². The number of ether oxygens (including phenoxy) is 2. The molecule has 0 fully saturated rings. The lowest BCUT2D eigenvalue weighted by Crippen LogP contribution is -2.11. The Morgan fingerprint density at radius 1 is 0.867 bits per heavy atom. The van der Waals surface area contributed by atoms with Gasteiger partial charge >= 0.3 is 11.9 Å². The number of hydrogen-bond donors (Lipinski definition) is 0. The summed E-state index contributed by atoms with van der Waals surface area (Å²) in [5.74, 6) is -0.165. The number of halogens is 2. The molecule has 0 aliphatic carbocycles. The molecule has 0 aromatic heterocycles. The molecule has 0 amide bonds. The first kappa shape index (κ1) is 14.5. The minimum atomic E-state index is -0.336. The lowest BCUT2D eigenvalue weighted by Gasteiger charge is -2.04. The average Bonchev–Trinajstić information content (AvgIpc) is 2.18. The second-order valence-corrected chi connectivity index (χ2v) is 3.43. The van der Waals surface area contributed by atoms with Crippen molar-refractivity contribution in [3.8, 4) is 0 Å². The first-order valence-corrected chi connectivity index (χ1v) is 5.70. The highest BCUT2D eigenvalue weighted by Crippen LogP contribution is 1.94. The summed E-state index contributed by atoms with van der Waals surface area (Å²) in [6.07, 6.45) is 0.892. The van der Waals surface area contributed by atoms with Crippen molar-refractivity contribution in [1.29, 1.82) is 0 Å². The molecule has 0 aromatic rings. The van der Waals surface area contributed by atoms with E-state index in [0.717, 1.165) is 0 Å². The van der Waals surface area contributed by atoms with Crippen LogP contribution in [0.15, 0.2) is 0 Å². The maximum Gasteiger partial charge on any atom is 0.306 e. The highest BCUT2D eigenvalue weighted by Gasteiger charge is 2.03. The quantitative estimate of drug-likeness (QED) is 0.377. The molecule has 4 nitrogen and oxygen atoms in total. The van der Waals surface area contributed by atoms with Gasteiger partial charge in [-0.15, -0.1) is 23.2 Å². The number of hydrogen-bond acceptors (Lipinski definition) is 4. The Hall–Kier alpha value is -0.480. The van der Waals surface area contributed by atoms with Crippen LogP contribution in [-0.4, -0.2) is 36.9 Å². The van der Waals surface area contributed by atoms with Gasteiger partial charge in [0.25, 0.3) is 0 Å². The van der Waals surface area contributed by atoms with Crippen molar-refractivity contribution in [3.05, 3.63) is 0 Å². The number of alkyl halides is 2. The van der Waals surface area contributed by atoms with E-state index in [4.69, 9.17) is 32.7 Å². The minimum Gasteiger partial charge on any atom is -0.466 e. The van der Waals surface area contributed by atoms with Crippen molar-refractivity contribution in [1.82, 2.24) is 0 Å². The van der Waals surface area contributed by atoms with Gasteiger partial charge < -0.3 is 9.47 Å². The van der Waals surface area contributed by atoms with Gasteiger partial charge in [0, 0.05) is 18.2 Å². The largest absolute Gasteiger partial charge is 0.466 e. The molecule has 0 N–H and O–H groups in total. The molecule has 0 bridgehead atoms. The molecule has 0 radical (unpaired) electrons. The zero-order valence-electron chi connectivity index (χ0n) is 8.34. The predicted molar refractivity (Wildman–Crippen MR) is 57.2 cm³/mol. The summed E-state index contributed by atoms with van der Waals surface area (Å²) in [4.78, 5) is 21.6. The van der Waals surface area contributed by atoms with E-state index >= 15 is 0 Å². The summed E-state index contributed by atoms with van der Waals surface area (Å²) < 4.78 is 9.57. The highest BCUT2D eigenvalue weighted by atomic mass is 35.5. The number of carbonyl (C=O) groups excluding carboxylic acids is 2. The van der Waals surface area contributed by atoms with E-state index in [9.17, 15) is 9.59 Å². The van der Waals surface area contributed by atoms with Gasteiger partial charge in [0.05, 0.1) is 26.1 Å². The zero-order chi connectivity index (χ0) is 11.5. The van der Waals surface area contributed by atoms with Crippen molar-refractivity contribution < 1.29 is 19.1 Å². The lowest BCUT2D eigenvalue weighted by molar-refractivity contribution is -0.145. The predicted octanol–water partition coefficient (Wildman–Crippen LogP) is 1.72. The van der Waals surface area contributed by atoms with Crippen molar-refractivity contribution in [2.75, 3.05) is 25.0 Å². The normalized spacial score (nSPS) is 9.73. The Bertz CT molecular complexity index is 177. The van der Waals surface area contributed by atoms with Crippen LogP contribution in [-0.2, 0) is 19.1 Å². The monoisotopic (exact) mass is 256 g/mol. The molecule has 6 heteroatoms. The topological polar surface area (TPSA) is 52.6 Å². The summed E-state index contributed by atoms with van der Waals surface area (Å²) in [6, 6.07) is 0. The molecule has 0 atom stereocenters. The van der Waals surface area contributed by atoms with Gasteiger partial charge in [-0.05, 0) is 0 Å². The fourth-order valence-corrected chi connectivity index (χ4v) is 1.04. The van der Waals surface area contributed by atoms with Crippen molar-refractivity contribution in [3.63, 3.8) is 0 Å². The second-order valence-electron chi connectivity index (χ2n) is 2.67. The molecular formula is C9H14Cl2O4. The molecule has 0 aliphatic heterocycles. The van der Waals surface area contributed by atoms with Crippen molar-refractivity contribution in [2.24, 2.45) is 0 Å². The number of esters is 2. The molecule has 0 saturated heterocycles. The Kier molecular flexibility index (Phi) is 9.73. The van der Waals surface area contributed by atoms with Crippen molar-refractivity contribution in [2.45, 2.75) is 19.3 Å². The van der Waals surface area contributed by atoms with Crippen LogP contribution in [0.3, 0.4) is 0 Å². The Morgan fingerprint density at radius 3 is 1.60 bits per heavy atom. The van der Waals surface area contributed by atoms with Gasteiger partial charge in [-0.25, -0.2) is 0 Å². The average molecular weight is 257 g/mol. The minimum absolute atomic E-state index is 0.202. The summed E-state index contributed by atoms with van der Waals surface area (Å²) in [7, 11) is 0. The van der Waals surface area contributed by atoms with Crippen LogP contribution in [0.2, 0.25) is 0 Å². The summed E-state index contributed by atoms with van der Waals surface area (Å²) >= 11 is 10.7. The molecule has 0 heterocycles. The van der Waals surface area contributed by atoms with E-state index in [0.29, 0.717) is 6.42 Å². The maximum atomic E-state index is 10.8. The van der Waals surface area contributed by atoms with Gasteiger partial charge in [0.1, 0.15) is 0 Å². The first-order chi connectivity index (χ1) is 7.20. The van der Waals surface area contributed by atoms with Crippen LogP contribution < -0.4 is 0 Å². The smallest absolute Gasteiger partial charge is 0.306 e. The molecule has 0 saturated carbocycles. The molecule has 0 unspecified atom stereocenters. The van der Waals surface area contributed by atoms with E-state index in [1.807, 2.05) is 0 Å². The Balaban J connectivity index is 3.24. The maximum absolute atomic E-state index is 10.8. The standard InChI is InChI=1S/C9H14Cl2O4/c10-4-2-8(12)14-6-1-7-15-9(13)3-5-11/h1-7H2. The Labute approximate surface area is 98.8 Å². The van der Waals surface area contributed by atoms with E-state index in [1.54, 1.807) is 0 Å². The first-order valence-electron chi connectivity index (χ1n) is 4.64. The number of rotatable bonds is 8. The van der Waals surface area contributed by atoms with Crippen molar-refractivity contribution >= 4 is 35.1 Å². The SMILES string of the molecule is O=C(CCCl)OCCCOC(=O)CCCl. The van der Waals surface area contributed by atoms with Gasteiger partial charge in [-0.3, -0.25) is 9.59 Å². The second kappa shape index (κ2) is 10.1. The molecule has 0 spiro atoms. The molecule has 0 aromatic carbocycles. The van der Waals surface area contributed by atoms with E-state index in [-0.39, 0.29) is 49.8 Å². The van der Waals surface area contributed by atoms with Crippen LogP contribution >= 0.6 is 23.2 Å². The molecule has 0 rings (SSSR count). The molecule has 15 heavy (non-hydrogen) atoms. The van der Waals surface area contributed by atoms with Gasteiger partial charge in [0.2, 0.25) is 0 Å². The van der Waals surface area contributed by atoms with Gasteiger partial charge in [-0.1, -0.05) is 0 Å². The van der Waals surface area contributed by atoms with Crippen LogP contribution in [0.4, 0.5) is 0 Å². The van der Waals surface area contributed by atoms with E-state index in [2.05, 4.69) is 0 Å². The summed E-state index contributed by atoms with van der Waals surface area (Å²) in [5, 5.41) is 0. The zero-order valence-corrected chi connectivity index (χ0v) is 9.85. The molecular weight excluding hydrogens is 243 g/mol. The van der Waals surface area contributed by atoms with Crippen LogP contribution in [0.5, 0.6) is 0 Å². The summed E-state index contributed by atoms with van der Waals surface area (Å²) in [6.45, 7) is 0.480. The van der Waals surface area contributed by atoms with E-state index < -0.39 is 0 Å². The third kappa shape index (κ3) is 9.82. The van der Waals surface area contributed by atoms with Crippen LogP contribution in [0.1, 0.15) is 19.3 Å². The third-order valence-corrected chi connectivity index (χ3v) is 1.79. The van der Waals surface area contributed by atoms with E-state index in [1.165, 1.54) is 0 Å². The van der Waals surface area contributed by atoms with Crippen LogP contribution in [0.25, 0.3) is 0 Å². The number of carbonyl (C=O) groups is 2. The lowest BCUT2D eigenvalue weighted by atomic mass is 10.4. The summed E-state index contributed by atoms with van der Waals surface area (Å²) in [5.41, 5.74) is 0. The van der Waals surface area contributed by atoms with Crippen LogP contribution in [0, 0.1) is 0 Å².